The summed E-state index contributed by atoms with van der Waals surface area (Å²) in [6.45, 7) is 12.5. The largest absolute Gasteiger partial charge is 0.396 e. The first-order valence-corrected chi connectivity index (χ1v) is 10.6. The van der Waals surface area contributed by atoms with Crippen molar-refractivity contribution in [3.63, 3.8) is 0 Å². The smallest absolute Gasteiger partial charge is 0.191 e. The van der Waals surface area contributed by atoms with Crippen LogP contribution in [0.1, 0.15) is 65.0 Å². The number of anilines is 1. The maximum atomic E-state index is 9.80. The fourth-order valence-corrected chi connectivity index (χ4v) is 3.57. The van der Waals surface area contributed by atoms with Crippen molar-refractivity contribution in [2.75, 3.05) is 37.7 Å². The van der Waals surface area contributed by atoms with Crippen molar-refractivity contribution in [3.8, 4) is 0 Å². The Kier molecular flexibility index (Phi) is 8.42. The SMILES string of the molecule is CCNC(=NCC(CC)(CC)CO)NC(C)c1cccc(N2CCCC2)c1. The molecule has 0 bridgehead atoms. The van der Waals surface area contributed by atoms with Gasteiger partial charge in [-0.1, -0.05) is 26.0 Å². The van der Waals surface area contributed by atoms with E-state index in [-0.39, 0.29) is 18.1 Å². The summed E-state index contributed by atoms with van der Waals surface area (Å²) in [4.78, 5) is 7.25. The molecule has 0 amide bonds. The highest BCUT2D eigenvalue weighted by atomic mass is 16.3. The lowest BCUT2D eigenvalue weighted by molar-refractivity contribution is 0.123. The summed E-state index contributed by atoms with van der Waals surface area (Å²) in [5.41, 5.74) is 2.46. The summed E-state index contributed by atoms with van der Waals surface area (Å²) < 4.78 is 0. The van der Waals surface area contributed by atoms with Crippen LogP contribution in [0.3, 0.4) is 0 Å². The fraction of sp³-hybridized carbons (Fsp3) is 0.682. The molecular weight excluding hydrogens is 336 g/mol. The van der Waals surface area contributed by atoms with Gasteiger partial charge in [-0.05, 0) is 57.2 Å². The van der Waals surface area contributed by atoms with E-state index in [0.717, 1.165) is 38.4 Å². The molecule has 2 rings (SSSR count). The van der Waals surface area contributed by atoms with Gasteiger partial charge in [-0.3, -0.25) is 4.99 Å². The van der Waals surface area contributed by atoms with Crippen molar-refractivity contribution in [3.05, 3.63) is 29.8 Å². The number of guanidine groups is 1. The van der Waals surface area contributed by atoms with Crippen molar-refractivity contribution < 1.29 is 5.11 Å². The highest BCUT2D eigenvalue weighted by Crippen LogP contribution is 2.26. The van der Waals surface area contributed by atoms with Gasteiger partial charge < -0.3 is 20.6 Å². The van der Waals surface area contributed by atoms with E-state index in [0.29, 0.717) is 6.54 Å². The topological polar surface area (TPSA) is 59.9 Å². The van der Waals surface area contributed by atoms with Crippen LogP contribution in [0.4, 0.5) is 5.69 Å². The van der Waals surface area contributed by atoms with Crippen LogP contribution in [0.5, 0.6) is 0 Å². The van der Waals surface area contributed by atoms with E-state index in [1.165, 1.54) is 24.1 Å². The third-order valence-corrected chi connectivity index (χ3v) is 5.95. The van der Waals surface area contributed by atoms with E-state index >= 15 is 0 Å². The molecule has 1 aromatic carbocycles. The minimum atomic E-state index is -0.124. The molecule has 0 spiro atoms. The van der Waals surface area contributed by atoms with Crippen LogP contribution in [-0.4, -0.2) is 43.9 Å². The summed E-state index contributed by atoms with van der Waals surface area (Å²) >= 11 is 0. The molecule has 0 aromatic heterocycles. The number of aliphatic hydroxyl groups excluding tert-OH is 1. The molecule has 5 nitrogen and oxygen atoms in total. The van der Waals surface area contributed by atoms with Crippen LogP contribution in [-0.2, 0) is 0 Å². The van der Waals surface area contributed by atoms with Gasteiger partial charge in [-0.2, -0.15) is 0 Å². The number of hydrogen-bond donors (Lipinski definition) is 3. The van der Waals surface area contributed by atoms with E-state index in [1.807, 2.05) is 0 Å². The molecule has 1 fully saturated rings. The van der Waals surface area contributed by atoms with E-state index in [4.69, 9.17) is 4.99 Å². The number of aliphatic hydroxyl groups is 1. The zero-order valence-electron chi connectivity index (χ0n) is 17.6. The Morgan fingerprint density at radius 3 is 2.52 bits per heavy atom. The third kappa shape index (κ3) is 5.86. The van der Waals surface area contributed by atoms with Gasteiger partial charge in [0, 0.05) is 30.7 Å². The summed E-state index contributed by atoms with van der Waals surface area (Å²) in [5, 5.41) is 16.7. The molecule has 1 saturated heterocycles. The lowest BCUT2D eigenvalue weighted by Crippen LogP contribution is -2.40. The van der Waals surface area contributed by atoms with E-state index in [1.54, 1.807) is 0 Å². The lowest BCUT2D eigenvalue weighted by atomic mass is 9.83. The molecule has 5 heteroatoms. The molecule has 1 heterocycles. The molecule has 152 valence electrons. The molecule has 0 radical (unpaired) electrons. The number of nitrogens with one attached hydrogen (secondary N) is 2. The Hall–Kier alpha value is -1.75. The normalized spacial score (nSPS) is 16.5. The van der Waals surface area contributed by atoms with E-state index in [9.17, 15) is 5.11 Å². The highest BCUT2D eigenvalue weighted by molar-refractivity contribution is 5.80. The van der Waals surface area contributed by atoms with Crippen molar-refractivity contribution in [1.29, 1.82) is 0 Å². The second-order valence-corrected chi connectivity index (χ2v) is 7.72. The van der Waals surface area contributed by atoms with Gasteiger partial charge in [0.15, 0.2) is 5.96 Å². The molecule has 1 atom stereocenters. The van der Waals surface area contributed by atoms with Gasteiger partial charge in [0.2, 0.25) is 0 Å². The molecule has 1 aromatic rings. The van der Waals surface area contributed by atoms with Gasteiger partial charge in [0.25, 0.3) is 0 Å². The molecule has 3 N–H and O–H groups in total. The number of hydrogen-bond acceptors (Lipinski definition) is 3. The van der Waals surface area contributed by atoms with Gasteiger partial charge in [0.1, 0.15) is 0 Å². The maximum Gasteiger partial charge on any atom is 0.191 e. The van der Waals surface area contributed by atoms with Gasteiger partial charge in [-0.25, -0.2) is 0 Å². The molecule has 1 aliphatic rings. The van der Waals surface area contributed by atoms with Crippen molar-refractivity contribution in [2.24, 2.45) is 10.4 Å². The summed E-state index contributed by atoms with van der Waals surface area (Å²) in [6.07, 6.45) is 4.43. The lowest BCUT2D eigenvalue weighted by Gasteiger charge is -2.28. The van der Waals surface area contributed by atoms with Crippen LogP contribution in [0.25, 0.3) is 0 Å². The molecule has 27 heavy (non-hydrogen) atoms. The Bertz CT molecular complexity index is 583. The Morgan fingerprint density at radius 1 is 1.22 bits per heavy atom. The number of benzene rings is 1. The Labute approximate surface area is 165 Å². The zero-order chi connectivity index (χ0) is 19.7. The van der Waals surface area contributed by atoms with Crippen LogP contribution in [0, 0.1) is 5.41 Å². The Morgan fingerprint density at radius 2 is 1.93 bits per heavy atom. The summed E-state index contributed by atoms with van der Waals surface area (Å²) in [7, 11) is 0. The predicted molar refractivity (Wildman–Crippen MR) is 116 cm³/mol. The summed E-state index contributed by atoms with van der Waals surface area (Å²) in [6, 6.07) is 8.99. The second-order valence-electron chi connectivity index (χ2n) is 7.72. The molecule has 0 aliphatic carbocycles. The van der Waals surface area contributed by atoms with Crippen LogP contribution in [0.15, 0.2) is 29.3 Å². The average molecular weight is 375 g/mol. The van der Waals surface area contributed by atoms with Gasteiger partial charge in [0.05, 0.1) is 19.2 Å². The first-order chi connectivity index (χ1) is 13.1. The van der Waals surface area contributed by atoms with Crippen molar-refractivity contribution in [1.82, 2.24) is 10.6 Å². The van der Waals surface area contributed by atoms with E-state index < -0.39 is 0 Å². The minimum Gasteiger partial charge on any atom is -0.396 e. The van der Waals surface area contributed by atoms with Crippen LogP contribution >= 0.6 is 0 Å². The van der Waals surface area contributed by atoms with Crippen molar-refractivity contribution in [2.45, 2.75) is 59.4 Å². The fourth-order valence-electron chi connectivity index (χ4n) is 3.57. The van der Waals surface area contributed by atoms with Gasteiger partial charge in [-0.15, -0.1) is 0 Å². The monoisotopic (exact) mass is 374 g/mol. The zero-order valence-corrected chi connectivity index (χ0v) is 17.6. The second kappa shape index (κ2) is 10.5. The standard InChI is InChI=1S/C22H38N4O/c1-5-22(6-2,17-27)16-24-21(23-7-3)25-18(4)19-11-10-12-20(15-19)26-13-8-9-14-26/h10-12,15,18,27H,5-9,13-14,16-17H2,1-4H3,(H2,23,24,25). The highest BCUT2D eigenvalue weighted by Gasteiger charge is 2.25. The first kappa shape index (κ1) is 21.5. The van der Waals surface area contributed by atoms with E-state index in [2.05, 4.69) is 67.5 Å². The predicted octanol–water partition coefficient (Wildman–Crippen LogP) is 3.70. The molecule has 0 saturated carbocycles. The number of rotatable bonds is 9. The summed E-state index contributed by atoms with van der Waals surface area (Å²) in [5.74, 6) is 0.816. The Balaban J connectivity index is 2.08. The molecule has 1 aliphatic heterocycles. The third-order valence-electron chi connectivity index (χ3n) is 5.95. The first-order valence-electron chi connectivity index (χ1n) is 10.6. The van der Waals surface area contributed by atoms with Crippen molar-refractivity contribution >= 4 is 11.6 Å². The maximum absolute atomic E-state index is 9.80. The number of aliphatic imine (C=N–C) groups is 1. The van der Waals surface area contributed by atoms with Crippen LogP contribution in [0.2, 0.25) is 0 Å². The quantitative estimate of drug-likeness (QED) is 0.456. The molecule has 1 unspecified atom stereocenters. The number of nitrogens with zero attached hydrogens (tertiary/aromatic N) is 2. The van der Waals surface area contributed by atoms with Crippen LogP contribution < -0.4 is 15.5 Å². The van der Waals surface area contributed by atoms with Gasteiger partial charge >= 0.3 is 0 Å². The minimum absolute atomic E-state index is 0.124. The average Bonchev–Trinajstić information content (AvgIpc) is 3.24. The molecular formula is C22H38N4O.